The van der Waals surface area contributed by atoms with Gasteiger partial charge in [0.25, 0.3) is 0 Å². The van der Waals surface area contributed by atoms with Crippen LogP contribution in [0.3, 0.4) is 0 Å². The van der Waals surface area contributed by atoms with Gasteiger partial charge in [0.15, 0.2) is 5.72 Å². The third kappa shape index (κ3) is 4.76. The summed E-state index contributed by atoms with van der Waals surface area (Å²) in [6, 6.07) is 12.3. The fraction of sp³-hybridized carbons (Fsp3) is 0.500. The second-order valence-electron chi connectivity index (χ2n) is 8.43. The summed E-state index contributed by atoms with van der Waals surface area (Å²) in [7, 11) is 3.11. The predicted octanol–water partition coefficient (Wildman–Crippen LogP) is 5.11. The summed E-state index contributed by atoms with van der Waals surface area (Å²) in [5, 5.41) is 0. The minimum atomic E-state index is -4.41. The summed E-state index contributed by atoms with van der Waals surface area (Å²) < 4.78 is 58.0. The Bertz CT molecular complexity index is 921. The Kier molecular flexibility index (Phi) is 6.74. The quantitative estimate of drug-likeness (QED) is 0.397. The van der Waals surface area contributed by atoms with E-state index >= 15 is 0 Å². The first kappa shape index (κ1) is 23.7. The molecule has 0 bridgehead atoms. The zero-order chi connectivity index (χ0) is 23.6. The second kappa shape index (κ2) is 9.40. The minimum absolute atomic E-state index is 0.116. The largest absolute Gasteiger partial charge is 0.497 e. The number of alkyl halides is 3. The van der Waals surface area contributed by atoms with Crippen molar-refractivity contribution in [3.8, 4) is 11.5 Å². The van der Waals surface area contributed by atoms with Gasteiger partial charge in [-0.25, -0.2) is 9.78 Å². The lowest BCUT2D eigenvalue weighted by molar-refractivity contribution is -0.326. The molecule has 0 aliphatic carbocycles. The lowest BCUT2D eigenvalue weighted by Crippen LogP contribution is -2.52. The molecule has 4 atom stereocenters. The van der Waals surface area contributed by atoms with Gasteiger partial charge in [-0.3, -0.25) is 0 Å². The van der Waals surface area contributed by atoms with Crippen LogP contribution in [-0.2, 0) is 21.1 Å². The van der Waals surface area contributed by atoms with Crippen molar-refractivity contribution in [3.05, 3.63) is 54.1 Å². The predicted molar refractivity (Wildman–Crippen MR) is 115 cm³/mol. The molecule has 2 aromatic rings. The Labute approximate surface area is 191 Å². The molecular formula is C24H28F3NO5. The van der Waals surface area contributed by atoms with Gasteiger partial charge in [0, 0.05) is 24.6 Å². The standard InChI is InChI=1S/C24H28F3NO5/c1-23-20(14-22(24(25,26)27)28(23)17-6-10-19(30-3)11-7-17)21(32-33-23)12-13-31-15-16-4-8-18(29-2)9-5-16/h4-11,20-22H,12-15H2,1-3H3/t20-,21-,22-,23-/m1/s1. The maximum Gasteiger partial charge on any atom is 0.408 e. The Morgan fingerprint density at radius 2 is 1.61 bits per heavy atom. The number of fused-ring (bicyclic) bond motifs is 1. The number of hydrogen-bond acceptors (Lipinski definition) is 6. The fourth-order valence-electron chi connectivity index (χ4n) is 4.70. The summed E-state index contributed by atoms with van der Waals surface area (Å²) in [5.74, 6) is 0.867. The first-order chi connectivity index (χ1) is 15.8. The molecule has 0 aromatic heterocycles. The molecule has 0 saturated carbocycles. The van der Waals surface area contributed by atoms with Gasteiger partial charge in [0.05, 0.1) is 20.8 Å². The number of halogens is 3. The molecular weight excluding hydrogens is 439 g/mol. The van der Waals surface area contributed by atoms with Crippen molar-refractivity contribution in [3.63, 3.8) is 0 Å². The van der Waals surface area contributed by atoms with E-state index in [0.29, 0.717) is 31.1 Å². The third-order valence-corrected chi connectivity index (χ3v) is 6.45. The Morgan fingerprint density at radius 1 is 1.00 bits per heavy atom. The Balaban J connectivity index is 1.42. The highest BCUT2D eigenvalue weighted by atomic mass is 19.4. The molecule has 6 nitrogen and oxygen atoms in total. The Morgan fingerprint density at radius 3 is 2.18 bits per heavy atom. The number of ether oxygens (including phenoxy) is 3. The smallest absolute Gasteiger partial charge is 0.408 e. The number of nitrogens with zero attached hydrogens (tertiary/aromatic N) is 1. The van der Waals surface area contributed by atoms with Crippen LogP contribution in [0.1, 0.15) is 25.3 Å². The lowest BCUT2D eigenvalue weighted by atomic mass is 9.90. The number of rotatable bonds is 8. The van der Waals surface area contributed by atoms with Crippen molar-refractivity contribution >= 4 is 5.69 Å². The number of methoxy groups -OCH3 is 2. The van der Waals surface area contributed by atoms with Crippen LogP contribution in [-0.4, -0.2) is 44.9 Å². The molecule has 180 valence electrons. The minimum Gasteiger partial charge on any atom is -0.497 e. The van der Waals surface area contributed by atoms with Crippen LogP contribution in [0.2, 0.25) is 0 Å². The van der Waals surface area contributed by atoms with E-state index in [-0.39, 0.29) is 6.42 Å². The van der Waals surface area contributed by atoms with Crippen molar-refractivity contribution in [1.82, 2.24) is 0 Å². The molecule has 0 unspecified atom stereocenters. The molecule has 0 amide bonds. The monoisotopic (exact) mass is 467 g/mol. The molecule has 0 radical (unpaired) electrons. The second-order valence-corrected chi connectivity index (χ2v) is 8.43. The molecule has 2 aliphatic heterocycles. The Hall–Kier alpha value is -2.49. The van der Waals surface area contributed by atoms with Gasteiger partial charge in [-0.2, -0.15) is 13.2 Å². The van der Waals surface area contributed by atoms with E-state index in [4.69, 9.17) is 24.0 Å². The van der Waals surface area contributed by atoms with Gasteiger partial charge in [0.1, 0.15) is 23.6 Å². The summed E-state index contributed by atoms with van der Waals surface area (Å²) in [5.41, 5.74) is 0.145. The van der Waals surface area contributed by atoms with Crippen molar-refractivity contribution in [2.45, 2.75) is 50.4 Å². The van der Waals surface area contributed by atoms with Gasteiger partial charge in [-0.05, 0) is 55.3 Å². The van der Waals surface area contributed by atoms with Crippen molar-refractivity contribution < 1.29 is 37.2 Å². The molecule has 2 aliphatic rings. The maximum atomic E-state index is 14.0. The van der Waals surface area contributed by atoms with Crippen LogP contribution in [0.25, 0.3) is 0 Å². The molecule has 33 heavy (non-hydrogen) atoms. The molecule has 2 saturated heterocycles. The van der Waals surface area contributed by atoms with Gasteiger partial charge < -0.3 is 19.1 Å². The first-order valence-electron chi connectivity index (χ1n) is 10.8. The van der Waals surface area contributed by atoms with Gasteiger partial charge in [-0.15, -0.1) is 0 Å². The van der Waals surface area contributed by atoms with Gasteiger partial charge in [0.2, 0.25) is 0 Å². The summed E-state index contributed by atoms with van der Waals surface area (Å²) in [6.07, 6.45) is -4.60. The number of anilines is 1. The van der Waals surface area contributed by atoms with Crippen LogP contribution in [0.15, 0.2) is 48.5 Å². The summed E-state index contributed by atoms with van der Waals surface area (Å²) in [6.45, 7) is 2.39. The van der Waals surface area contributed by atoms with Crippen molar-refractivity contribution in [2.75, 3.05) is 25.7 Å². The van der Waals surface area contributed by atoms with E-state index in [1.165, 1.54) is 12.0 Å². The van der Waals surface area contributed by atoms with E-state index < -0.39 is 30.0 Å². The summed E-state index contributed by atoms with van der Waals surface area (Å²) >= 11 is 0. The highest BCUT2D eigenvalue weighted by Crippen LogP contribution is 2.53. The summed E-state index contributed by atoms with van der Waals surface area (Å²) in [4.78, 5) is 12.4. The SMILES string of the molecule is COc1ccc(COCC[C@H]2OO[C@]3(C)[C@@H]2C[C@H](C(F)(F)F)N3c2ccc(OC)cc2)cc1. The molecule has 9 heteroatoms. The molecule has 0 N–H and O–H groups in total. The number of benzene rings is 2. The van der Waals surface area contributed by atoms with Crippen LogP contribution in [0, 0.1) is 5.92 Å². The highest BCUT2D eigenvalue weighted by molar-refractivity contribution is 5.54. The van der Waals surface area contributed by atoms with E-state index in [0.717, 1.165) is 11.3 Å². The van der Waals surface area contributed by atoms with Crippen LogP contribution in [0.5, 0.6) is 11.5 Å². The lowest BCUT2D eigenvalue weighted by Gasteiger charge is -2.38. The van der Waals surface area contributed by atoms with E-state index in [2.05, 4.69) is 0 Å². The van der Waals surface area contributed by atoms with Crippen LogP contribution >= 0.6 is 0 Å². The molecule has 4 rings (SSSR count). The fourth-order valence-corrected chi connectivity index (χ4v) is 4.70. The topological polar surface area (TPSA) is 49.4 Å². The zero-order valence-electron chi connectivity index (χ0n) is 18.8. The molecule has 2 heterocycles. The molecule has 0 spiro atoms. The zero-order valence-corrected chi connectivity index (χ0v) is 18.8. The van der Waals surface area contributed by atoms with Gasteiger partial charge in [-0.1, -0.05) is 12.1 Å². The van der Waals surface area contributed by atoms with Crippen LogP contribution < -0.4 is 14.4 Å². The normalized spacial score (nSPS) is 27.0. The van der Waals surface area contributed by atoms with Gasteiger partial charge >= 0.3 is 6.18 Å². The van der Waals surface area contributed by atoms with Crippen LogP contribution in [0.4, 0.5) is 18.9 Å². The van der Waals surface area contributed by atoms with Crippen molar-refractivity contribution in [2.24, 2.45) is 5.92 Å². The average molecular weight is 467 g/mol. The maximum absolute atomic E-state index is 14.0. The van der Waals surface area contributed by atoms with E-state index in [1.807, 2.05) is 24.3 Å². The third-order valence-electron chi connectivity index (χ3n) is 6.45. The van der Waals surface area contributed by atoms with E-state index in [9.17, 15) is 13.2 Å². The molecule has 2 aromatic carbocycles. The number of hydrogen-bond donors (Lipinski definition) is 0. The highest BCUT2D eigenvalue weighted by Gasteiger charge is 2.65. The van der Waals surface area contributed by atoms with Crippen molar-refractivity contribution in [1.29, 1.82) is 0 Å². The first-order valence-corrected chi connectivity index (χ1v) is 10.8. The average Bonchev–Trinajstić information content (AvgIpc) is 3.29. The molecule has 2 fully saturated rings. The van der Waals surface area contributed by atoms with E-state index in [1.54, 1.807) is 38.3 Å².